The second-order valence-corrected chi connectivity index (χ2v) is 6.09. The van der Waals surface area contributed by atoms with Gasteiger partial charge in [0.05, 0.1) is 18.1 Å². The third kappa shape index (κ3) is 3.85. The van der Waals surface area contributed by atoms with Crippen molar-refractivity contribution < 1.29 is 19.4 Å². The number of carbonyl (C=O) groups excluding carboxylic acids is 1. The van der Waals surface area contributed by atoms with Crippen LogP contribution >= 0.6 is 0 Å². The summed E-state index contributed by atoms with van der Waals surface area (Å²) in [6.45, 7) is 6.14. The van der Waals surface area contributed by atoms with Gasteiger partial charge in [-0.25, -0.2) is 4.79 Å². The highest BCUT2D eigenvalue weighted by Gasteiger charge is 2.46. The third-order valence-corrected chi connectivity index (χ3v) is 4.22. The minimum Gasteiger partial charge on any atom is -0.481 e. The molecule has 0 aliphatic heterocycles. The van der Waals surface area contributed by atoms with Crippen LogP contribution in [0.25, 0.3) is 0 Å². The Bertz CT molecular complexity index is 359. The van der Waals surface area contributed by atoms with Crippen LogP contribution in [0.4, 0.5) is 4.79 Å². The van der Waals surface area contributed by atoms with Crippen LogP contribution in [0.5, 0.6) is 0 Å². The molecule has 1 aliphatic rings. The molecular weight excluding hydrogens is 260 g/mol. The molecule has 0 spiro atoms. The number of hydrogen-bond acceptors (Lipinski definition) is 3. The molecule has 3 N–H and O–H groups in total. The van der Waals surface area contributed by atoms with E-state index in [1.54, 1.807) is 14.0 Å². The minimum absolute atomic E-state index is 0.0857. The fraction of sp³-hybridized carbons (Fsp3) is 0.857. The van der Waals surface area contributed by atoms with E-state index in [2.05, 4.69) is 10.6 Å². The number of urea groups is 1. The molecule has 6 heteroatoms. The lowest BCUT2D eigenvalue weighted by molar-refractivity contribution is -0.148. The Morgan fingerprint density at radius 2 is 2.10 bits per heavy atom. The van der Waals surface area contributed by atoms with Crippen LogP contribution in [0.1, 0.15) is 40.0 Å². The second-order valence-electron chi connectivity index (χ2n) is 6.09. The molecule has 0 heterocycles. The molecule has 6 nitrogen and oxygen atoms in total. The van der Waals surface area contributed by atoms with Crippen molar-refractivity contribution in [2.75, 3.05) is 13.7 Å². The van der Waals surface area contributed by atoms with Crippen LogP contribution in [0, 0.1) is 11.3 Å². The first kappa shape index (κ1) is 16.8. The van der Waals surface area contributed by atoms with Gasteiger partial charge in [-0.2, -0.15) is 0 Å². The number of rotatable bonds is 6. The Hall–Kier alpha value is -1.30. The van der Waals surface area contributed by atoms with Crippen LogP contribution < -0.4 is 10.6 Å². The largest absolute Gasteiger partial charge is 0.481 e. The second kappa shape index (κ2) is 6.92. The third-order valence-electron chi connectivity index (χ3n) is 4.22. The van der Waals surface area contributed by atoms with Crippen LogP contribution in [0.3, 0.4) is 0 Å². The van der Waals surface area contributed by atoms with E-state index >= 15 is 0 Å². The Morgan fingerprint density at radius 3 is 2.60 bits per heavy atom. The fourth-order valence-corrected chi connectivity index (χ4v) is 2.60. The van der Waals surface area contributed by atoms with Crippen molar-refractivity contribution in [2.45, 2.75) is 52.1 Å². The predicted octanol–water partition coefficient (Wildman–Crippen LogP) is 1.60. The van der Waals surface area contributed by atoms with Gasteiger partial charge in [-0.3, -0.25) is 4.79 Å². The molecule has 0 aromatic carbocycles. The summed E-state index contributed by atoms with van der Waals surface area (Å²) in [7, 11) is 1.59. The number of amides is 2. The zero-order chi connectivity index (χ0) is 15.3. The van der Waals surface area contributed by atoms with Gasteiger partial charge in [-0.05, 0) is 25.7 Å². The Labute approximate surface area is 120 Å². The molecule has 1 rings (SSSR count). The monoisotopic (exact) mass is 286 g/mol. The summed E-state index contributed by atoms with van der Waals surface area (Å²) in [5, 5.41) is 15.0. The molecule has 1 saturated carbocycles. The van der Waals surface area contributed by atoms with Gasteiger partial charge >= 0.3 is 12.0 Å². The first-order valence-electron chi connectivity index (χ1n) is 7.10. The van der Waals surface area contributed by atoms with Crippen molar-refractivity contribution in [1.82, 2.24) is 10.6 Å². The van der Waals surface area contributed by atoms with Gasteiger partial charge in [0.1, 0.15) is 0 Å². The van der Waals surface area contributed by atoms with Crippen molar-refractivity contribution >= 4 is 12.0 Å². The summed E-state index contributed by atoms with van der Waals surface area (Å²) >= 11 is 0. The van der Waals surface area contributed by atoms with Gasteiger partial charge in [-0.15, -0.1) is 0 Å². The van der Waals surface area contributed by atoms with E-state index in [-0.39, 0.29) is 24.0 Å². The van der Waals surface area contributed by atoms with E-state index in [4.69, 9.17) is 4.74 Å². The first-order chi connectivity index (χ1) is 9.31. The lowest BCUT2D eigenvalue weighted by Gasteiger charge is -2.29. The number of nitrogens with one attached hydrogen (secondary N) is 2. The van der Waals surface area contributed by atoms with Gasteiger partial charge in [0.15, 0.2) is 0 Å². The molecule has 1 fully saturated rings. The quantitative estimate of drug-likeness (QED) is 0.692. The highest BCUT2D eigenvalue weighted by molar-refractivity contribution is 5.79. The van der Waals surface area contributed by atoms with Crippen LogP contribution in [0.2, 0.25) is 0 Å². The van der Waals surface area contributed by atoms with E-state index in [1.807, 2.05) is 13.8 Å². The predicted molar refractivity (Wildman–Crippen MR) is 75.6 cm³/mol. The van der Waals surface area contributed by atoms with Crippen molar-refractivity contribution in [1.29, 1.82) is 0 Å². The molecule has 0 aromatic rings. The molecule has 2 amide bonds. The van der Waals surface area contributed by atoms with Crippen molar-refractivity contribution in [3.63, 3.8) is 0 Å². The summed E-state index contributed by atoms with van der Waals surface area (Å²) in [5.41, 5.74) is -0.869. The standard InChI is InChI=1S/C14H26N2O4/c1-9(2)10(8-20-4)15-13(19)16-11-6-5-7-14(11,3)12(17)18/h9-11H,5-8H2,1-4H3,(H,17,18)(H2,15,16,19). The number of ether oxygens (including phenoxy) is 1. The normalized spacial score (nSPS) is 27.4. The average Bonchev–Trinajstić information content (AvgIpc) is 2.71. The zero-order valence-corrected chi connectivity index (χ0v) is 12.7. The van der Waals surface area contributed by atoms with Crippen molar-refractivity contribution in [2.24, 2.45) is 11.3 Å². The van der Waals surface area contributed by atoms with Gasteiger partial charge in [0.2, 0.25) is 0 Å². The van der Waals surface area contributed by atoms with Gasteiger partial charge in [-0.1, -0.05) is 20.3 Å². The molecular formula is C14H26N2O4. The SMILES string of the molecule is COCC(NC(=O)NC1CCCC1(C)C(=O)O)C(C)C. The van der Waals surface area contributed by atoms with E-state index in [9.17, 15) is 14.7 Å². The van der Waals surface area contributed by atoms with Crippen LogP contribution in [0.15, 0.2) is 0 Å². The lowest BCUT2D eigenvalue weighted by Crippen LogP contribution is -2.53. The summed E-state index contributed by atoms with van der Waals surface area (Å²) in [4.78, 5) is 23.4. The molecule has 116 valence electrons. The Morgan fingerprint density at radius 1 is 1.45 bits per heavy atom. The molecule has 20 heavy (non-hydrogen) atoms. The Balaban J connectivity index is 2.59. The smallest absolute Gasteiger partial charge is 0.315 e. The molecule has 3 atom stereocenters. The lowest BCUT2D eigenvalue weighted by atomic mass is 9.85. The molecule has 0 bridgehead atoms. The molecule has 1 aliphatic carbocycles. The van der Waals surface area contributed by atoms with E-state index in [0.29, 0.717) is 19.4 Å². The average molecular weight is 286 g/mol. The summed E-state index contributed by atoms with van der Waals surface area (Å²) in [5.74, 6) is -0.604. The van der Waals surface area contributed by atoms with Crippen molar-refractivity contribution in [3.05, 3.63) is 0 Å². The van der Waals surface area contributed by atoms with E-state index in [0.717, 1.165) is 6.42 Å². The minimum atomic E-state index is -0.869. The fourth-order valence-electron chi connectivity index (χ4n) is 2.60. The molecule has 3 unspecified atom stereocenters. The van der Waals surface area contributed by atoms with Gasteiger partial charge < -0.3 is 20.5 Å². The number of aliphatic carboxylic acids is 1. The van der Waals surface area contributed by atoms with Gasteiger partial charge in [0.25, 0.3) is 0 Å². The topological polar surface area (TPSA) is 87.7 Å². The van der Waals surface area contributed by atoms with Crippen molar-refractivity contribution in [3.8, 4) is 0 Å². The van der Waals surface area contributed by atoms with E-state index in [1.165, 1.54) is 0 Å². The Kier molecular flexibility index (Phi) is 5.80. The highest BCUT2D eigenvalue weighted by atomic mass is 16.5. The maximum absolute atomic E-state index is 12.0. The number of hydrogen-bond donors (Lipinski definition) is 3. The van der Waals surface area contributed by atoms with Crippen LogP contribution in [-0.4, -0.2) is 42.9 Å². The zero-order valence-electron chi connectivity index (χ0n) is 12.7. The molecule has 0 radical (unpaired) electrons. The molecule has 0 aromatic heterocycles. The summed E-state index contributed by atoms with van der Waals surface area (Å²) in [6, 6.07) is -0.729. The maximum atomic E-state index is 12.0. The van der Waals surface area contributed by atoms with Crippen LogP contribution in [-0.2, 0) is 9.53 Å². The van der Waals surface area contributed by atoms with E-state index < -0.39 is 11.4 Å². The maximum Gasteiger partial charge on any atom is 0.315 e. The first-order valence-corrected chi connectivity index (χ1v) is 7.10. The number of carboxylic acid groups (broad SMARTS) is 1. The summed E-state index contributed by atoms with van der Waals surface area (Å²) in [6.07, 6.45) is 2.12. The summed E-state index contributed by atoms with van der Waals surface area (Å²) < 4.78 is 5.08. The molecule has 0 saturated heterocycles. The number of carboxylic acids is 1. The number of carbonyl (C=O) groups is 2. The highest BCUT2D eigenvalue weighted by Crippen LogP contribution is 2.38. The van der Waals surface area contributed by atoms with Gasteiger partial charge in [0, 0.05) is 13.2 Å². The number of methoxy groups -OCH3 is 1.